The number of hydrogen-bond donors (Lipinski definition) is 4. The number of anilines is 1. The number of nitrogens with two attached hydrogens (primary N) is 1. The van der Waals surface area contributed by atoms with Crippen LogP contribution in [0.3, 0.4) is 0 Å². The summed E-state index contributed by atoms with van der Waals surface area (Å²) in [6.07, 6.45) is 3.05. The highest BCUT2D eigenvalue weighted by atomic mass is 32.1. The fourth-order valence-corrected chi connectivity index (χ4v) is 4.73. The zero-order chi connectivity index (χ0) is 23.2. The van der Waals surface area contributed by atoms with Gasteiger partial charge < -0.3 is 30.9 Å². The molecule has 3 heterocycles. The second-order valence-corrected chi connectivity index (χ2v) is 8.56. The van der Waals surface area contributed by atoms with Crippen LogP contribution in [0, 0.1) is 0 Å². The molecule has 0 bridgehead atoms. The lowest BCUT2D eigenvalue weighted by atomic mass is 10.1. The first-order chi connectivity index (χ1) is 16.1. The van der Waals surface area contributed by atoms with Gasteiger partial charge in [0.2, 0.25) is 0 Å². The molecule has 174 valence electrons. The van der Waals surface area contributed by atoms with Crippen LogP contribution >= 0.6 is 11.3 Å². The zero-order valence-corrected chi connectivity index (χ0v) is 18.8. The minimum absolute atomic E-state index is 0.118. The maximum absolute atomic E-state index is 12.6. The Kier molecular flexibility index (Phi) is 7.38. The number of fused-ring (bicyclic) bond motifs is 1. The van der Waals surface area contributed by atoms with Gasteiger partial charge in [0.1, 0.15) is 18.2 Å². The molecule has 1 aliphatic rings. The molecule has 3 aromatic rings. The fraction of sp³-hybridized carbons (Fsp3) is 0.348. The van der Waals surface area contributed by atoms with Crippen molar-refractivity contribution in [2.75, 3.05) is 32.1 Å². The first-order valence-electron chi connectivity index (χ1n) is 10.7. The van der Waals surface area contributed by atoms with E-state index in [-0.39, 0.29) is 37.6 Å². The van der Waals surface area contributed by atoms with Crippen LogP contribution in [0.15, 0.2) is 35.8 Å². The minimum Gasteiger partial charge on any atom is -0.489 e. The van der Waals surface area contributed by atoms with Gasteiger partial charge in [-0.15, -0.1) is 11.3 Å². The average Bonchev–Trinajstić information content (AvgIpc) is 3.27. The van der Waals surface area contributed by atoms with Crippen molar-refractivity contribution < 1.29 is 24.2 Å². The molecule has 1 saturated heterocycles. The van der Waals surface area contributed by atoms with Crippen molar-refractivity contribution >= 4 is 39.1 Å². The molecule has 0 unspecified atom stereocenters. The molecule has 4 rings (SSSR count). The Bertz CT molecular complexity index is 1140. The normalized spacial score (nSPS) is 14.2. The van der Waals surface area contributed by atoms with Crippen LogP contribution in [0.25, 0.3) is 10.1 Å². The number of carbonyl (C=O) groups excluding carboxylic acids is 2. The van der Waals surface area contributed by atoms with Gasteiger partial charge in [-0.05, 0) is 36.4 Å². The summed E-state index contributed by atoms with van der Waals surface area (Å²) in [6, 6.07) is 7.14. The van der Waals surface area contributed by atoms with Crippen molar-refractivity contribution in [2.45, 2.75) is 25.5 Å². The Hall–Kier alpha value is -3.21. The summed E-state index contributed by atoms with van der Waals surface area (Å²) in [7, 11) is 0. The molecule has 10 heteroatoms. The van der Waals surface area contributed by atoms with Gasteiger partial charge in [0.15, 0.2) is 0 Å². The van der Waals surface area contributed by atoms with Gasteiger partial charge in [0.25, 0.3) is 11.8 Å². The summed E-state index contributed by atoms with van der Waals surface area (Å²) in [5.41, 5.74) is 7.82. The number of amides is 2. The van der Waals surface area contributed by atoms with E-state index < -0.39 is 0 Å². The molecule has 1 aliphatic heterocycles. The molecule has 9 nitrogen and oxygen atoms in total. The Morgan fingerprint density at radius 1 is 1.27 bits per heavy atom. The van der Waals surface area contributed by atoms with E-state index in [1.54, 1.807) is 24.3 Å². The van der Waals surface area contributed by atoms with E-state index in [2.05, 4.69) is 15.6 Å². The Morgan fingerprint density at radius 2 is 2.09 bits per heavy atom. The molecule has 0 aliphatic carbocycles. The molecule has 5 N–H and O–H groups in total. The Balaban J connectivity index is 1.47. The first-order valence-corrected chi connectivity index (χ1v) is 11.6. The maximum Gasteiger partial charge on any atom is 0.254 e. The van der Waals surface area contributed by atoms with E-state index in [1.165, 1.54) is 17.5 Å². The number of ether oxygens (including phenoxy) is 2. The van der Waals surface area contributed by atoms with Crippen LogP contribution in [0.4, 0.5) is 5.82 Å². The molecule has 33 heavy (non-hydrogen) atoms. The van der Waals surface area contributed by atoms with Crippen LogP contribution in [0.5, 0.6) is 5.75 Å². The van der Waals surface area contributed by atoms with Crippen molar-refractivity contribution in [1.82, 2.24) is 15.6 Å². The number of nitrogens with one attached hydrogen (secondary N) is 2. The van der Waals surface area contributed by atoms with E-state index in [0.717, 1.165) is 18.4 Å². The number of benzene rings is 1. The molecule has 0 saturated carbocycles. The third-order valence-electron chi connectivity index (χ3n) is 5.39. The van der Waals surface area contributed by atoms with Gasteiger partial charge in [-0.2, -0.15) is 0 Å². The molecular formula is C23H26N4O5S. The van der Waals surface area contributed by atoms with E-state index >= 15 is 0 Å². The van der Waals surface area contributed by atoms with Crippen molar-refractivity contribution in [3.63, 3.8) is 0 Å². The van der Waals surface area contributed by atoms with Gasteiger partial charge in [0.05, 0.1) is 16.9 Å². The third-order valence-corrected chi connectivity index (χ3v) is 6.45. The number of rotatable bonds is 8. The van der Waals surface area contributed by atoms with Crippen LogP contribution in [0.2, 0.25) is 0 Å². The smallest absolute Gasteiger partial charge is 0.254 e. The van der Waals surface area contributed by atoms with Crippen molar-refractivity contribution in [2.24, 2.45) is 0 Å². The average molecular weight is 471 g/mol. The van der Waals surface area contributed by atoms with Crippen LogP contribution in [-0.2, 0) is 11.3 Å². The summed E-state index contributed by atoms with van der Waals surface area (Å²) in [5.74, 6) is 0.407. The van der Waals surface area contributed by atoms with Crippen molar-refractivity contribution in [3.05, 3.63) is 52.5 Å². The van der Waals surface area contributed by atoms with Crippen molar-refractivity contribution in [3.8, 4) is 5.75 Å². The first kappa shape index (κ1) is 23.0. The zero-order valence-electron chi connectivity index (χ0n) is 18.0. The Labute approximate surface area is 194 Å². The van der Waals surface area contributed by atoms with Crippen LogP contribution < -0.4 is 21.1 Å². The van der Waals surface area contributed by atoms with Crippen LogP contribution in [-0.4, -0.2) is 54.3 Å². The summed E-state index contributed by atoms with van der Waals surface area (Å²) in [4.78, 5) is 29.2. The molecule has 1 aromatic carbocycles. The molecule has 1 fully saturated rings. The quantitative estimate of drug-likeness (QED) is 0.396. The maximum atomic E-state index is 12.6. The third kappa shape index (κ3) is 5.41. The SMILES string of the molecule is Nc1ncc(C(=O)NCCO)c2scc(COc3cccc(C(=O)NC4CCOCC4)c3)c12. The number of nitrogen functional groups attached to an aromatic ring is 1. The molecule has 2 amide bonds. The number of nitrogens with zero attached hydrogens (tertiary/aromatic N) is 1. The van der Waals surface area contributed by atoms with Crippen LogP contribution in [0.1, 0.15) is 39.1 Å². The van der Waals surface area contributed by atoms with Gasteiger partial charge >= 0.3 is 0 Å². The largest absolute Gasteiger partial charge is 0.489 e. The topological polar surface area (TPSA) is 136 Å². The van der Waals surface area contributed by atoms with Gasteiger partial charge in [-0.25, -0.2) is 4.98 Å². The number of aliphatic hydroxyl groups excluding tert-OH is 1. The second-order valence-electron chi connectivity index (χ2n) is 7.68. The van der Waals surface area contributed by atoms with E-state index in [9.17, 15) is 9.59 Å². The lowest BCUT2D eigenvalue weighted by Gasteiger charge is -2.23. The van der Waals surface area contributed by atoms with Gasteiger partial charge in [-0.1, -0.05) is 6.07 Å². The summed E-state index contributed by atoms with van der Waals surface area (Å²) < 4.78 is 12.0. The van der Waals surface area contributed by atoms with E-state index in [1.807, 2.05) is 5.38 Å². The minimum atomic E-state index is -0.320. The summed E-state index contributed by atoms with van der Waals surface area (Å²) in [6.45, 7) is 1.53. The highest BCUT2D eigenvalue weighted by Gasteiger charge is 2.19. The number of aliphatic hydroxyl groups is 1. The second kappa shape index (κ2) is 10.6. The molecule has 0 atom stereocenters. The molecule has 0 spiro atoms. The predicted octanol–water partition coefficient (Wildman–Crippen LogP) is 2.09. The molecule has 0 radical (unpaired) electrons. The number of pyridine rings is 1. The lowest BCUT2D eigenvalue weighted by Crippen LogP contribution is -2.38. The predicted molar refractivity (Wildman–Crippen MR) is 126 cm³/mol. The standard InChI is InChI=1S/C23H26N4O5S/c24-21-19-15(13-33-20(19)18(11-26-21)23(30)25-6-7-28)12-32-17-3-1-2-14(10-17)22(29)27-16-4-8-31-9-5-16/h1-3,10-11,13,16,28H,4-9,12H2,(H2,24,26)(H,25,30)(H,27,29). The highest BCUT2D eigenvalue weighted by molar-refractivity contribution is 7.17. The highest BCUT2D eigenvalue weighted by Crippen LogP contribution is 2.33. The van der Waals surface area contributed by atoms with E-state index in [0.29, 0.717) is 46.0 Å². The number of aromatic nitrogens is 1. The number of thiophene rings is 1. The Morgan fingerprint density at radius 3 is 2.88 bits per heavy atom. The molecular weight excluding hydrogens is 444 g/mol. The van der Waals surface area contributed by atoms with Gasteiger partial charge in [-0.3, -0.25) is 9.59 Å². The summed E-state index contributed by atoms with van der Waals surface area (Å²) >= 11 is 1.38. The van der Waals surface area contributed by atoms with Crippen molar-refractivity contribution in [1.29, 1.82) is 0 Å². The molecule has 2 aromatic heterocycles. The number of carbonyl (C=O) groups is 2. The fourth-order valence-electron chi connectivity index (χ4n) is 3.66. The van der Waals surface area contributed by atoms with E-state index in [4.69, 9.17) is 20.3 Å². The number of hydrogen-bond acceptors (Lipinski definition) is 8. The summed E-state index contributed by atoms with van der Waals surface area (Å²) in [5, 5.41) is 17.2. The lowest BCUT2D eigenvalue weighted by molar-refractivity contribution is 0.0696. The monoisotopic (exact) mass is 470 g/mol. The van der Waals surface area contributed by atoms with Gasteiger partial charge in [0, 0.05) is 48.5 Å².